The lowest BCUT2D eigenvalue weighted by molar-refractivity contribution is 0.261. The van der Waals surface area contributed by atoms with Crippen LogP contribution in [0, 0.1) is 25.7 Å². The van der Waals surface area contributed by atoms with Crippen LogP contribution in [0.1, 0.15) is 44.2 Å². The van der Waals surface area contributed by atoms with Crippen LogP contribution in [0.3, 0.4) is 0 Å². The van der Waals surface area contributed by atoms with E-state index in [0.29, 0.717) is 23.2 Å². The lowest BCUT2D eigenvalue weighted by Crippen LogP contribution is -2.46. The van der Waals surface area contributed by atoms with E-state index in [1.54, 1.807) is 6.07 Å². The summed E-state index contributed by atoms with van der Waals surface area (Å²) in [6, 6.07) is 5.30. The van der Waals surface area contributed by atoms with Gasteiger partial charge in [0.2, 0.25) is 0 Å². The number of hydrogen-bond donors (Lipinski definition) is 1. The molecule has 118 valence electrons. The minimum absolute atomic E-state index is 0.245. The Balaban J connectivity index is 2.37. The number of benzene rings is 1. The maximum atomic E-state index is 13.0. The minimum Gasteiger partial charge on any atom is -0.327 e. The van der Waals surface area contributed by atoms with Crippen LogP contribution in [0.4, 0.5) is 0 Å². The van der Waals surface area contributed by atoms with Gasteiger partial charge in [0.05, 0.1) is 10.1 Å². The summed E-state index contributed by atoms with van der Waals surface area (Å²) in [6.07, 6.45) is 2.53. The van der Waals surface area contributed by atoms with E-state index in [-0.39, 0.29) is 6.04 Å². The lowest BCUT2D eigenvalue weighted by atomic mass is 9.79. The summed E-state index contributed by atoms with van der Waals surface area (Å²) in [6.45, 7) is 8.18. The molecule has 3 unspecified atom stereocenters. The molecule has 0 spiro atoms. The molecule has 2 N–H and O–H groups in total. The summed E-state index contributed by atoms with van der Waals surface area (Å²) in [4.78, 5) is 0.456. The first kappa shape index (κ1) is 16.5. The molecule has 0 aromatic heterocycles. The molecule has 0 radical (unpaired) electrons. The third-order valence-electron chi connectivity index (χ3n) is 4.86. The number of aryl methyl sites for hydroxylation is 2. The van der Waals surface area contributed by atoms with Crippen LogP contribution in [0.25, 0.3) is 0 Å². The zero-order chi connectivity index (χ0) is 15.8. The molecule has 3 nitrogen and oxygen atoms in total. The van der Waals surface area contributed by atoms with Gasteiger partial charge in [0.1, 0.15) is 0 Å². The fourth-order valence-corrected chi connectivity index (χ4v) is 5.62. The van der Waals surface area contributed by atoms with Crippen LogP contribution in [0.15, 0.2) is 23.1 Å². The second kappa shape index (κ2) is 6.09. The van der Waals surface area contributed by atoms with Crippen LogP contribution in [0.5, 0.6) is 0 Å². The Morgan fingerprint density at radius 2 is 1.86 bits per heavy atom. The maximum Gasteiger partial charge on any atom is 0.183 e. The van der Waals surface area contributed by atoms with Crippen LogP contribution < -0.4 is 5.73 Å². The van der Waals surface area contributed by atoms with Crippen molar-refractivity contribution in [3.8, 4) is 0 Å². The van der Waals surface area contributed by atoms with Crippen molar-refractivity contribution >= 4 is 9.84 Å². The number of rotatable bonds is 3. The van der Waals surface area contributed by atoms with Crippen molar-refractivity contribution in [2.75, 3.05) is 0 Å². The third kappa shape index (κ3) is 3.32. The molecule has 0 bridgehead atoms. The SMILES string of the molecule is Cc1ccc(S(=O)(=O)C2CC(C(C)C)CCC2N)c(C)c1. The maximum absolute atomic E-state index is 13.0. The van der Waals surface area contributed by atoms with Gasteiger partial charge < -0.3 is 5.73 Å². The summed E-state index contributed by atoms with van der Waals surface area (Å²) in [5, 5.41) is -0.444. The Kier molecular flexibility index (Phi) is 4.79. The predicted molar refractivity (Wildman–Crippen MR) is 87.0 cm³/mol. The average molecular weight is 309 g/mol. The Hall–Kier alpha value is -0.870. The Morgan fingerprint density at radius 1 is 1.19 bits per heavy atom. The number of nitrogens with two attached hydrogens (primary N) is 1. The monoisotopic (exact) mass is 309 g/mol. The number of hydrogen-bond acceptors (Lipinski definition) is 3. The Morgan fingerprint density at radius 3 is 2.43 bits per heavy atom. The fourth-order valence-electron chi connectivity index (χ4n) is 3.43. The zero-order valence-electron chi connectivity index (χ0n) is 13.5. The van der Waals surface area contributed by atoms with E-state index in [1.807, 2.05) is 26.0 Å². The molecule has 0 heterocycles. The van der Waals surface area contributed by atoms with E-state index >= 15 is 0 Å². The Labute approximate surface area is 128 Å². The zero-order valence-corrected chi connectivity index (χ0v) is 14.3. The van der Waals surface area contributed by atoms with Gasteiger partial charge in [0.15, 0.2) is 9.84 Å². The van der Waals surface area contributed by atoms with Gasteiger partial charge in [-0.25, -0.2) is 8.42 Å². The van der Waals surface area contributed by atoms with Crippen molar-refractivity contribution in [3.63, 3.8) is 0 Å². The average Bonchev–Trinajstić information content (AvgIpc) is 2.38. The molecule has 1 saturated carbocycles. The van der Waals surface area contributed by atoms with E-state index in [1.165, 1.54) is 0 Å². The van der Waals surface area contributed by atoms with Gasteiger partial charge in [-0.05, 0) is 56.6 Å². The van der Waals surface area contributed by atoms with E-state index in [4.69, 9.17) is 5.73 Å². The smallest absolute Gasteiger partial charge is 0.183 e. The van der Waals surface area contributed by atoms with Crippen LogP contribution >= 0.6 is 0 Å². The van der Waals surface area contributed by atoms with Gasteiger partial charge >= 0.3 is 0 Å². The second-order valence-corrected chi connectivity index (χ2v) is 8.97. The molecule has 1 aromatic carbocycles. The van der Waals surface area contributed by atoms with Gasteiger partial charge in [0, 0.05) is 6.04 Å². The second-order valence-electron chi connectivity index (χ2n) is 6.83. The van der Waals surface area contributed by atoms with Crippen molar-refractivity contribution in [1.82, 2.24) is 0 Å². The molecule has 3 atom stereocenters. The Bertz CT molecular complexity index is 607. The van der Waals surface area contributed by atoms with Crippen LogP contribution in [-0.2, 0) is 9.84 Å². The van der Waals surface area contributed by atoms with Gasteiger partial charge in [-0.3, -0.25) is 0 Å². The highest BCUT2D eigenvalue weighted by Gasteiger charge is 2.39. The topological polar surface area (TPSA) is 60.2 Å². The van der Waals surface area contributed by atoms with E-state index in [0.717, 1.165) is 24.0 Å². The van der Waals surface area contributed by atoms with E-state index in [2.05, 4.69) is 13.8 Å². The molecule has 2 rings (SSSR count). The molecule has 1 fully saturated rings. The summed E-state index contributed by atoms with van der Waals surface area (Å²) in [5.41, 5.74) is 8.08. The third-order valence-corrected chi connectivity index (χ3v) is 7.27. The van der Waals surface area contributed by atoms with Gasteiger partial charge in [-0.15, -0.1) is 0 Å². The highest BCUT2D eigenvalue weighted by Crippen LogP contribution is 2.35. The van der Waals surface area contributed by atoms with Crippen molar-refractivity contribution in [2.45, 2.75) is 63.1 Å². The predicted octanol–water partition coefficient (Wildman–Crippen LogP) is 3.23. The van der Waals surface area contributed by atoms with Gasteiger partial charge in [-0.1, -0.05) is 31.5 Å². The van der Waals surface area contributed by atoms with Gasteiger partial charge in [-0.2, -0.15) is 0 Å². The molecule has 21 heavy (non-hydrogen) atoms. The largest absolute Gasteiger partial charge is 0.327 e. The number of sulfone groups is 1. The van der Waals surface area contributed by atoms with Gasteiger partial charge in [0.25, 0.3) is 0 Å². The van der Waals surface area contributed by atoms with Crippen molar-refractivity contribution < 1.29 is 8.42 Å². The van der Waals surface area contributed by atoms with Crippen molar-refractivity contribution in [2.24, 2.45) is 17.6 Å². The summed E-state index contributed by atoms with van der Waals surface area (Å²) >= 11 is 0. The van der Waals surface area contributed by atoms with Crippen LogP contribution in [-0.4, -0.2) is 19.7 Å². The molecule has 1 aliphatic rings. The highest BCUT2D eigenvalue weighted by molar-refractivity contribution is 7.92. The minimum atomic E-state index is -3.35. The molecule has 0 aliphatic heterocycles. The summed E-state index contributed by atoms with van der Waals surface area (Å²) < 4.78 is 26.0. The molecule has 0 saturated heterocycles. The standard InChI is InChI=1S/C17H27NO2S/c1-11(2)14-6-7-15(18)17(10-14)21(19,20)16-8-5-12(3)9-13(16)4/h5,8-9,11,14-15,17H,6-7,10,18H2,1-4H3. The molecule has 0 amide bonds. The first-order chi connectivity index (χ1) is 9.73. The normalized spacial score (nSPS) is 27.0. The molecule has 1 aromatic rings. The van der Waals surface area contributed by atoms with Crippen LogP contribution in [0.2, 0.25) is 0 Å². The highest BCUT2D eigenvalue weighted by atomic mass is 32.2. The molecule has 4 heteroatoms. The van der Waals surface area contributed by atoms with Crippen molar-refractivity contribution in [1.29, 1.82) is 0 Å². The first-order valence-corrected chi connectivity index (χ1v) is 9.35. The quantitative estimate of drug-likeness (QED) is 0.932. The molecular formula is C17H27NO2S. The first-order valence-electron chi connectivity index (χ1n) is 7.80. The molecular weight excluding hydrogens is 282 g/mol. The van der Waals surface area contributed by atoms with E-state index in [9.17, 15) is 8.42 Å². The molecule has 1 aliphatic carbocycles. The van der Waals surface area contributed by atoms with Crippen molar-refractivity contribution in [3.05, 3.63) is 29.3 Å². The lowest BCUT2D eigenvalue weighted by Gasteiger charge is -2.35. The summed E-state index contributed by atoms with van der Waals surface area (Å²) in [5.74, 6) is 0.963. The fraction of sp³-hybridized carbons (Fsp3) is 0.647. The summed E-state index contributed by atoms with van der Waals surface area (Å²) in [7, 11) is -3.35. The van der Waals surface area contributed by atoms with E-state index < -0.39 is 15.1 Å².